The summed E-state index contributed by atoms with van der Waals surface area (Å²) in [4.78, 5) is 9.36. The fraction of sp³-hybridized carbons (Fsp3) is 0.643. The molecule has 1 aromatic rings. The van der Waals surface area contributed by atoms with E-state index in [9.17, 15) is 0 Å². The number of aromatic nitrogens is 1. The molecule has 0 radical (unpaired) electrons. The van der Waals surface area contributed by atoms with E-state index in [1.54, 1.807) is 0 Å². The summed E-state index contributed by atoms with van der Waals surface area (Å²) in [6, 6.07) is 2.14. The van der Waals surface area contributed by atoms with E-state index in [-0.39, 0.29) is 0 Å². The van der Waals surface area contributed by atoms with Crippen LogP contribution in [0.25, 0.3) is 0 Å². The van der Waals surface area contributed by atoms with Crippen LogP contribution in [0.1, 0.15) is 18.4 Å². The van der Waals surface area contributed by atoms with Crippen LogP contribution < -0.4 is 10.2 Å². The van der Waals surface area contributed by atoms with Gasteiger partial charge in [0.1, 0.15) is 5.82 Å². The van der Waals surface area contributed by atoms with Crippen molar-refractivity contribution in [2.75, 3.05) is 45.2 Å². The van der Waals surface area contributed by atoms with Crippen LogP contribution in [0.15, 0.2) is 16.7 Å². The Hall–Kier alpha value is -0.650. The number of nitrogens with zero attached hydrogens (tertiary/aromatic N) is 3. The van der Waals surface area contributed by atoms with E-state index in [4.69, 9.17) is 0 Å². The van der Waals surface area contributed by atoms with Crippen LogP contribution >= 0.6 is 15.9 Å². The maximum Gasteiger partial charge on any atom is 0.132 e. The van der Waals surface area contributed by atoms with E-state index in [1.807, 2.05) is 13.2 Å². The van der Waals surface area contributed by atoms with Gasteiger partial charge in [0.05, 0.1) is 0 Å². The maximum absolute atomic E-state index is 4.56. The first-order chi connectivity index (χ1) is 9.20. The number of hydrogen-bond acceptors (Lipinski definition) is 4. The molecule has 0 unspecified atom stereocenters. The average Bonchev–Trinajstić information content (AvgIpc) is 2.90. The third-order valence-corrected chi connectivity index (χ3v) is 4.02. The standard InChI is InChI=1S/C14H23BrN4/c1-16-10-12-9-13(15)11-17-14(12)18(2)7-8-19-5-3-4-6-19/h9,11,16H,3-8,10H2,1-2H3. The molecule has 2 rings (SSSR count). The highest BCUT2D eigenvalue weighted by atomic mass is 79.9. The van der Waals surface area contributed by atoms with E-state index in [0.29, 0.717) is 0 Å². The first-order valence-electron chi connectivity index (χ1n) is 6.93. The molecule has 4 nitrogen and oxygen atoms in total. The zero-order valence-electron chi connectivity index (χ0n) is 11.8. The van der Waals surface area contributed by atoms with Gasteiger partial charge in [0.25, 0.3) is 0 Å². The van der Waals surface area contributed by atoms with Gasteiger partial charge in [-0.2, -0.15) is 0 Å². The second-order valence-corrected chi connectivity index (χ2v) is 6.05. The largest absolute Gasteiger partial charge is 0.358 e. The Bertz CT molecular complexity index is 404. The van der Waals surface area contributed by atoms with Gasteiger partial charge in [-0.3, -0.25) is 0 Å². The SMILES string of the molecule is CNCc1cc(Br)cnc1N(C)CCN1CCCC1. The van der Waals surface area contributed by atoms with Crippen LogP contribution in [0.3, 0.4) is 0 Å². The lowest BCUT2D eigenvalue weighted by Gasteiger charge is -2.24. The predicted octanol–water partition coefficient (Wildman–Crippen LogP) is 2.10. The molecule has 0 amide bonds. The number of pyridine rings is 1. The molecule has 0 spiro atoms. The van der Waals surface area contributed by atoms with E-state index >= 15 is 0 Å². The molecule has 0 aliphatic carbocycles. The van der Waals surface area contributed by atoms with E-state index in [1.165, 1.54) is 31.5 Å². The molecule has 5 heteroatoms. The lowest BCUT2D eigenvalue weighted by molar-refractivity contribution is 0.346. The normalized spacial score (nSPS) is 15.9. The highest BCUT2D eigenvalue weighted by Gasteiger charge is 2.14. The predicted molar refractivity (Wildman–Crippen MR) is 83.6 cm³/mol. The molecule has 1 aliphatic heterocycles. The first kappa shape index (κ1) is 14.8. The van der Waals surface area contributed by atoms with Gasteiger partial charge in [0.15, 0.2) is 0 Å². The number of anilines is 1. The van der Waals surface area contributed by atoms with Crippen LogP contribution in [-0.4, -0.2) is 50.2 Å². The molecule has 1 N–H and O–H groups in total. The number of likely N-dealkylation sites (tertiary alicyclic amines) is 1. The van der Waals surface area contributed by atoms with Gasteiger partial charge < -0.3 is 15.1 Å². The van der Waals surface area contributed by atoms with Gasteiger partial charge in [0, 0.05) is 42.9 Å². The Morgan fingerprint density at radius 3 is 2.84 bits per heavy atom. The molecule has 0 atom stereocenters. The Labute approximate surface area is 124 Å². The maximum atomic E-state index is 4.56. The fourth-order valence-electron chi connectivity index (χ4n) is 2.54. The zero-order chi connectivity index (χ0) is 13.7. The number of rotatable bonds is 6. The minimum Gasteiger partial charge on any atom is -0.358 e. The Morgan fingerprint density at radius 1 is 1.42 bits per heavy atom. The number of halogens is 1. The van der Waals surface area contributed by atoms with Crippen molar-refractivity contribution in [1.29, 1.82) is 0 Å². The smallest absolute Gasteiger partial charge is 0.132 e. The summed E-state index contributed by atoms with van der Waals surface area (Å²) in [5.74, 6) is 1.08. The van der Waals surface area contributed by atoms with Gasteiger partial charge >= 0.3 is 0 Å². The van der Waals surface area contributed by atoms with Gasteiger partial charge in [-0.1, -0.05) is 0 Å². The lowest BCUT2D eigenvalue weighted by Crippen LogP contribution is -2.32. The van der Waals surface area contributed by atoms with Crippen molar-refractivity contribution in [3.05, 3.63) is 22.3 Å². The molecule has 1 saturated heterocycles. The molecule has 0 saturated carbocycles. The topological polar surface area (TPSA) is 31.4 Å². The van der Waals surface area contributed by atoms with Crippen LogP contribution in [0, 0.1) is 0 Å². The van der Waals surface area contributed by atoms with Gasteiger partial charge in [-0.25, -0.2) is 4.98 Å². The Balaban J connectivity index is 1.98. The number of hydrogen-bond donors (Lipinski definition) is 1. The van der Waals surface area contributed by atoms with Gasteiger partial charge in [-0.15, -0.1) is 0 Å². The monoisotopic (exact) mass is 326 g/mol. The average molecular weight is 327 g/mol. The van der Waals surface area contributed by atoms with E-state index in [0.717, 1.165) is 29.9 Å². The molecular formula is C14H23BrN4. The van der Waals surface area contributed by atoms with Crippen molar-refractivity contribution in [2.24, 2.45) is 0 Å². The van der Waals surface area contributed by atoms with Crippen molar-refractivity contribution < 1.29 is 0 Å². The summed E-state index contributed by atoms with van der Waals surface area (Å²) in [6.07, 6.45) is 4.58. The fourth-order valence-corrected chi connectivity index (χ4v) is 2.92. The molecule has 2 heterocycles. The highest BCUT2D eigenvalue weighted by Crippen LogP contribution is 2.20. The third-order valence-electron chi connectivity index (χ3n) is 3.59. The van der Waals surface area contributed by atoms with Gasteiger partial charge in [0.2, 0.25) is 0 Å². The quantitative estimate of drug-likeness (QED) is 0.867. The summed E-state index contributed by atoms with van der Waals surface area (Å²) in [5.41, 5.74) is 1.24. The van der Waals surface area contributed by atoms with Crippen LogP contribution in [0.2, 0.25) is 0 Å². The summed E-state index contributed by atoms with van der Waals surface area (Å²) in [5, 5.41) is 3.21. The minimum atomic E-state index is 0.843. The molecule has 0 aromatic carbocycles. The van der Waals surface area contributed by atoms with Crippen molar-refractivity contribution in [3.63, 3.8) is 0 Å². The first-order valence-corrected chi connectivity index (χ1v) is 7.72. The Kier molecular flexibility index (Phi) is 5.60. The molecule has 106 valence electrons. The van der Waals surface area contributed by atoms with Crippen molar-refractivity contribution in [3.8, 4) is 0 Å². The summed E-state index contributed by atoms with van der Waals surface area (Å²) < 4.78 is 1.04. The molecule has 0 bridgehead atoms. The van der Waals surface area contributed by atoms with Crippen LogP contribution in [0.5, 0.6) is 0 Å². The molecule has 1 aliphatic rings. The molecule has 19 heavy (non-hydrogen) atoms. The second-order valence-electron chi connectivity index (χ2n) is 5.14. The summed E-state index contributed by atoms with van der Waals surface area (Å²) >= 11 is 3.49. The van der Waals surface area contributed by atoms with Crippen molar-refractivity contribution in [2.45, 2.75) is 19.4 Å². The Morgan fingerprint density at radius 2 is 2.16 bits per heavy atom. The van der Waals surface area contributed by atoms with E-state index in [2.05, 4.69) is 49.1 Å². The third kappa shape index (κ3) is 4.16. The van der Waals surface area contributed by atoms with Crippen molar-refractivity contribution >= 4 is 21.7 Å². The highest BCUT2D eigenvalue weighted by molar-refractivity contribution is 9.10. The molecule has 1 aromatic heterocycles. The van der Waals surface area contributed by atoms with Crippen LogP contribution in [0.4, 0.5) is 5.82 Å². The van der Waals surface area contributed by atoms with E-state index < -0.39 is 0 Å². The van der Waals surface area contributed by atoms with Crippen molar-refractivity contribution in [1.82, 2.24) is 15.2 Å². The van der Waals surface area contributed by atoms with Gasteiger partial charge in [-0.05, 0) is 55.0 Å². The molecular weight excluding hydrogens is 304 g/mol. The van der Waals surface area contributed by atoms with Crippen LogP contribution in [-0.2, 0) is 6.54 Å². The number of nitrogens with one attached hydrogen (secondary N) is 1. The number of likely N-dealkylation sites (N-methyl/N-ethyl adjacent to an activating group) is 1. The second kappa shape index (κ2) is 7.22. The lowest BCUT2D eigenvalue weighted by atomic mass is 10.2. The summed E-state index contributed by atoms with van der Waals surface area (Å²) in [7, 11) is 4.10. The summed E-state index contributed by atoms with van der Waals surface area (Å²) in [6.45, 7) is 5.52. The minimum absolute atomic E-state index is 0.843. The zero-order valence-corrected chi connectivity index (χ0v) is 13.4. The molecule has 1 fully saturated rings.